The summed E-state index contributed by atoms with van der Waals surface area (Å²) < 4.78 is 46.6. The molecule has 0 heterocycles. The third-order valence-corrected chi connectivity index (χ3v) is 5.49. The first-order valence-electron chi connectivity index (χ1n) is 8.80. The fourth-order valence-corrected chi connectivity index (χ4v) is 3.62. The zero-order chi connectivity index (χ0) is 19.4. The lowest BCUT2D eigenvalue weighted by atomic mass is 10.1. The van der Waals surface area contributed by atoms with E-state index in [1.807, 2.05) is 0 Å². The van der Waals surface area contributed by atoms with Gasteiger partial charge in [0.25, 0.3) is 0 Å². The lowest BCUT2D eigenvalue weighted by Gasteiger charge is -2.15. The predicted octanol–water partition coefficient (Wildman–Crippen LogP) is 3.85. The molecule has 0 radical (unpaired) electrons. The highest BCUT2D eigenvalue weighted by molar-refractivity contribution is 7.92. The summed E-state index contributed by atoms with van der Waals surface area (Å²) in [5, 5.41) is 1.09. The van der Waals surface area contributed by atoms with E-state index in [0.29, 0.717) is 29.3 Å². The minimum Gasteiger partial charge on any atom is -0.490 e. The first-order chi connectivity index (χ1) is 12.8. The van der Waals surface area contributed by atoms with Crippen molar-refractivity contribution in [2.24, 2.45) is 5.92 Å². The van der Waals surface area contributed by atoms with Gasteiger partial charge in [-0.2, -0.15) is 0 Å². The van der Waals surface area contributed by atoms with Gasteiger partial charge < -0.3 is 10.5 Å². The largest absolute Gasteiger partial charge is 0.490 e. The highest BCUT2D eigenvalue weighted by Crippen LogP contribution is 2.31. The molecule has 1 saturated carbocycles. The second-order valence-electron chi connectivity index (χ2n) is 6.80. The summed E-state index contributed by atoms with van der Waals surface area (Å²) in [7, 11) is -3.68. The summed E-state index contributed by atoms with van der Waals surface area (Å²) in [4.78, 5) is 0. The first kappa shape index (κ1) is 19.4. The van der Waals surface area contributed by atoms with E-state index in [9.17, 15) is 12.8 Å². The number of nitrogen functional groups attached to an aromatic ring is 1. The van der Waals surface area contributed by atoms with Crippen LogP contribution < -0.4 is 15.2 Å². The van der Waals surface area contributed by atoms with E-state index in [1.54, 1.807) is 43.3 Å². The van der Waals surface area contributed by atoms with Crippen LogP contribution in [0.25, 0.3) is 6.08 Å². The molecule has 0 aliphatic heterocycles. The number of anilines is 1. The highest BCUT2D eigenvalue weighted by atomic mass is 32.2. The Morgan fingerprint density at radius 3 is 2.78 bits per heavy atom. The Kier molecular flexibility index (Phi) is 5.82. The van der Waals surface area contributed by atoms with Crippen LogP contribution in [0.2, 0.25) is 0 Å². The van der Waals surface area contributed by atoms with Gasteiger partial charge in [-0.05, 0) is 67.2 Å². The number of benzene rings is 2. The van der Waals surface area contributed by atoms with Crippen LogP contribution in [0, 0.1) is 11.7 Å². The van der Waals surface area contributed by atoms with Crippen molar-refractivity contribution in [3.8, 4) is 5.75 Å². The van der Waals surface area contributed by atoms with Crippen molar-refractivity contribution in [2.45, 2.75) is 25.8 Å². The smallest absolute Gasteiger partial charge is 0.234 e. The van der Waals surface area contributed by atoms with Gasteiger partial charge in [0.15, 0.2) is 11.6 Å². The monoisotopic (exact) mass is 390 g/mol. The van der Waals surface area contributed by atoms with Crippen LogP contribution in [-0.4, -0.2) is 15.0 Å². The second-order valence-corrected chi connectivity index (χ2v) is 8.40. The molecule has 3 N–H and O–H groups in total. The SMILES string of the molecule is CC(NS(=O)(=O)/C=C/c1cccc(N)c1)c1ccc(F)c(OCC2CC2)c1. The summed E-state index contributed by atoms with van der Waals surface area (Å²) in [5.74, 6) is 0.206. The summed E-state index contributed by atoms with van der Waals surface area (Å²) in [6.45, 7) is 2.19. The van der Waals surface area contributed by atoms with E-state index in [2.05, 4.69) is 4.72 Å². The lowest BCUT2D eigenvalue weighted by molar-refractivity contribution is 0.285. The van der Waals surface area contributed by atoms with Gasteiger partial charge in [0, 0.05) is 17.1 Å². The van der Waals surface area contributed by atoms with Gasteiger partial charge in [-0.1, -0.05) is 18.2 Å². The number of hydrogen-bond acceptors (Lipinski definition) is 4. The molecule has 0 bridgehead atoms. The molecule has 5 nitrogen and oxygen atoms in total. The van der Waals surface area contributed by atoms with Gasteiger partial charge in [0.1, 0.15) is 0 Å². The summed E-state index contributed by atoms with van der Waals surface area (Å²) in [6, 6.07) is 10.8. The number of nitrogens with two attached hydrogens (primary N) is 1. The van der Waals surface area contributed by atoms with Gasteiger partial charge in [-0.15, -0.1) is 0 Å². The Hall–Kier alpha value is -2.38. The third kappa shape index (κ3) is 5.80. The quantitative estimate of drug-likeness (QED) is 0.671. The van der Waals surface area contributed by atoms with E-state index in [1.165, 1.54) is 12.1 Å². The number of ether oxygens (including phenoxy) is 1. The second kappa shape index (κ2) is 8.10. The molecule has 1 fully saturated rings. The topological polar surface area (TPSA) is 81.4 Å². The zero-order valence-corrected chi connectivity index (χ0v) is 15.9. The van der Waals surface area contributed by atoms with Crippen LogP contribution in [0.15, 0.2) is 47.9 Å². The summed E-state index contributed by atoms with van der Waals surface area (Å²) in [6.07, 6.45) is 3.69. The maximum Gasteiger partial charge on any atom is 0.234 e. The molecule has 0 aromatic heterocycles. The Balaban J connectivity index is 1.67. The van der Waals surface area contributed by atoms with Crippen molar-refractivity contribution in [3.05, 3.63) is 64.8 Å². The molecule has 1 aliphatic carbocycles. The van der Waals surface area contributed by atoms with E-state index in [4.69, 9.17) is 10.5 Å². The van der Waals surface area contributed by atoms with Gasteiger partial charge in [-0.25, -0.2) is 17.5 Å². The van der Waals surface area contributed by atoms with Gasteiger partial charge in [0.2, 0.25) is 10.0 Å². The first-order valence-corrected chi connectivity index (χ1v) is 10.4. The molecule has 0 spiro atoms. The van der Waals surface area contributed by atoms with Crippen molar-refractivity contribution >= 4 is 21.8 Å². The average molecular weight is 390 g/mol. The number of hydrogen-bond donors (Lipinski definition) is 2. The molecule has 2 aromatic carbocycles. The van der Waals surface area contributed by atoms with Gasteiger partial charge >= 0.3 is 0 Å². The van der Waals surface area contributed by atoms with E-state index >= 15 is 0 Å². The average Bonchev–Trinajstić information content (AvgIpc) is 3.43. The summed E-state index contributed by atoms with van der Waals surface area (Å²) in [5.41, 5.74) is 7.56. The fourth-order valence-electron chi connectivity index (χ4n) is 2.58. The molecule has 144 valence electrons. The lowest BCUT2D eigenvalue weighted by Crippen LogP contribution is -2.24. The Morgan fingerprint density at radius 2 is 2.07 bits per heavy atom. The minimum absolute atomic E-state index is 0.153. The maximum absolute atomic E-state index is 13.9. The number of halogens is 1. The molecule has 1 atom stereocenters. The predicted molar refractivity (Wildman–Crippen MR) is 105 cm³/mol. The third-order valence-electron chi connectivity index (χ3n) is 4.32. The standard InChI is InChI=1S/C20H23FN2O3S/c1-14(17-7-8-19(21)20(12-17)26-13-16-5-6-16)23-27(24,25)10-9-15-3-2-4-18(22)11-15/h2-4,7-12,14,16,23H,5-6,13,22H2,1H3/b10-9+. The Labute approximate surface area is 159 Å². The van der Waals surface area contributed by atoms with Crippen molar-refractivity contribution in [1.29, 1.82) is 0 Å². The minimum atomic E-state index is -3.68. The molecule has 7 heteroatoms. The molecule has 2 aromatic rings. The number of nitrogens with one attached hydrogen (secondary N) is 1. The van der Waals surface area contributed by atoms with Crippen molar-refractivity contribution in [2.75, 3.05) is 12.3 Å². The molecule has 27 heavy (non-hydrogen) atoms. The molecule has 1 unspecified atom stereocenters. The van der Waals surface area contributed by atoms with Crippen LogP contribution >= 0.6 is 0 Å². The number of sulfonamides is 1. The van der Waals surface area contributed by atoms with Gasteiger partial charge in [0.05, 0.1) is 6.61 Å². The van der Waals surface area contributed by atoms with Crippen LogP contribution in [0.4, 0.5) is 10.1 Å². The Bertz CT molecular complexity index is 940. The molecule has 1 aliphatic rings. The zero-order valence-electron chi connectivity index (χ0n) is 15.1. The van der Waals surface area contributed by atoms with Crippen LogP contribution in [-0.2, 0) is 10.0 Å². The normalized spacial score (nSPS) is 15.8. The van der Waals surface area contributed by atoms with Crippen LogP contribution in [0.1, 0.15) is 36.9 Å². The molecular weight excluding hydrogens is 367 g/mol. The highest BCUT2D eigenvalue weighted by Gasteiger charge is 2.23. The molecule has 3 rings (SSSR count). The summed E-state index contributed by atoms with van der Waals surface area (Å²) >= 11 is 0. The maximum atomic E-state index is 13.9. The van der Waals surface area contributed by atoms with Crippen LogP contribution in [0.3, 0.4) is 0 Å². The Morgan fingerprint density at radius 1 is 1.30 bits per heavy atom. The molecular formula is C20H23FN2O3S. The van der Waals surface area contributed by atoms with E-state index < -0.39 is 21.9 Å². The molecule has 0 saturated heterocycles. The van der Waals surface area contributed by atoms with Crippen molar-refractivity contribution in [1.82, 2.24) is 4.72 Å². The molecule has 0 amide bonds. The van der Waals surface area contributed by atoms with E-state index in [0.717, 1.165) is 18.2 Å². The van der Waals surface area contributed by atoms with E-state index in [-0.39, 0.29) is 5.75 Å². The number of rotatable bonds is 8. The van der Waals surface area contributed by atoms with Crippen molar-refractivity contribution < 1.29 is 17.5 Å². The van der Waals surface area contributed by atoms with Crippen LogP contribution in [0.5, 0.6) is 5.75 Å². The fraction of sp³-hybridized carbons (Fsp3) is 0.300. The van der Waals surface area contributed by atoms with Crippen molar-refractivity contribution in [3.63, 3.8) is 0 Å². The van der Waals surface area contributed by atoms with Gasteiger partial charge in [-0.3, -0.25) is 0 Å².